The van der Waals surface area contributed by atoms with E-state index in [1.165, 1.54) is 0 Å². The van der Waals surface area contributed by atoms with Crippen LogP contribution in [-0.2, 0) is 4.74 Å². The maximum atomic E-state index is 11.8. The summed E-state index contributed by atoms with van der Waals surface area (Å²) in [6.07, 6.45) is 0.721. The van der Waals surface area contributed by atoms with Crippen molar-refractivity contribution in [2.45, 2.75) is 13.3 Å². The van der Waals surface area contributed by atoms with Crippen LogP contribution in [0.15, 0.2) is 18.2 Å². The molecule has 0 bridgehead atoms. The van der Waals surface area contributed by atoms with Crippen LogP contribution >= 0.6 is 11.6 Å². The van der Waals surface area contributed by atoms with Crippen LogP contribution in [0.5, 0.6) is 0 Å². The molecule has 0 saturated carbocycles. The first kappa shape index (κ1) is 15.0. The zero-order chi connectivity index (χ0) is 13.4. The Morgan fingerprint density at radius 3 is 2.89 bits per heavy atom. The van der Waals surface area contributed by atoms with E-state index >= 15 is 0 Å². The molecule has 100 valence electrons. The summed E-state index contributed by atoms with van der Waals surface area (Å²) in [6.45, 7) is 3.30. The number of rotatable bonds is 7. The van der Waals surface area contributed by atoms with Crippen molar-refractivity contribution in [1.82, 2.24) is 5.32 Å². The van der Waals surface area contributed by atoms with Gasteiger partial charge in [-0.1, -0.05) is 11.6 Å². The first-order valence-corrected chi connectivity index (χ1v) is 6.26. The summed E-state index contributed by atoms with van der Waals surface area (Å²) in [5.41, 5.74) is 1.49. The summed E-state index contributed by atoms with van der Waals surface area (Å²) < 4.78 is 5.09. The van der Waals surface area contributed by atoms with E-state index < -0.39 is 0 Å². The highest BCUT2D eigenvalue weighted by molar-refractivity contribution is 6.31. The lowest BCUT2D eigenvalue weighted by molar-refractivity contribution is 0.0867. The minimum atomic E-state index is -0.114. The molecule has 0 spiro atoms. The number of aryl methyl sites for hydroxylation is 1. The van der Waals surface area contributed by atoms with Gasteiger partial charge in [-0.3, -0.25) is 4.79 Å². The van der Waals surface area contributed by atoms with Gasteiger partial charge in [-0.25, -0.2) is 0 Å². The molecule has 0 radical (unpaired) electrons. The van der Waals surface area contributed by atoms with Crippen molar-refractivity contribution in [3.63, 3.8) is 0 Å². The van der Waals surface area contributed by atoms with E-state index in [0.29, 0.717) is 30.3 Å². The Morgan fingerprint density at radius 1 is 1.44 bits per heavy atom. The number of hydrogen-bond acceptors (Lipinski definition) is 3. The van der Waals surface area contributed by atoms with Gasteiger partial charge in [0.2, 0.25) is 0 Å². The Balaban J connectivity index is 2.30. The van der Waals surface area contributed by atoms with Crippen molar-refractivity contribution in [1.29, 1.82) is 0 Å². The summed E-state index contributed by atoms with van der Waals surface area (Å²) in [6, 6.07) is 5.18. The number of benzene rings is 1. The summed E-state index contributed by atoms with van der Waals surface area (Å²) >= 11 is 5.89. The van der Waals surface area contributed by atoms with Crippen molar-refractivity contribution < 1.29 is 14.6 Å². The van der Waals surface area contributed by atoms with E-state index in [1.807, 2.05) is 6.92 Å². The van der Waals surface area contributed by atoms with Crippen LogP contribution < -0.4 is 5.32 Å². The predicted molar refractivity (Wildman–Crippen MR) is 71.0 cm³/mol. The molecule has 0 aliphatic heterocycles. The average Bonchev–Trinajstić information content (AvgIpc) is 2.36. The number of aliphatic hydroxyl groups is 1. The molecular formula is C13H18ClNO3. The summed E-state index contributed by atoms with van der Waals surface area (Å²) in [7, 11) is 0. The van der Waals surface area contributed by atoms with Crippen LogP contribution in [0, 0.1) is 6.92 Å². The zero-order valence-electron chi connectivity index (χ0n) is 10.4. The number of amides is 1. The van der Waals surface area contributed by atoms with E-state index in [-0.39, 0.29) is 12.5 Å². The number of ether oxygens (including phenoxy) is 1. The quantitative estimate of drug-likeness (QED) is 0.743. The van der Waals surface area contributed by atoms with E-state index in [1.54, 1.807) is 18.2 Å². The Bertz CT molecular complexity index is 396. The summed E-state index contributed by atoms with van der Waals surface area (Å²) in [5, 5.41) is 12.0. The minimum Gasteiger partial charge on any atom is -0.394 e. The van der Waals surface area contributed by atoms with Crippen LogP contribution in [0.4, 0.5) is 0 Å². The maximum Gasteiger partial charge on any atom is 0.251 e. The zero-order valence-corrected chi connectivity index (χ0v) is 11.2. The molecule has 1 rings (SSSR count). The lowest BCUT2D eigenvalue weighted by Gasteiger charge is -2.07. The SMILES string of the molecule is Cc1cc(C(=O)NCCCOCCO)ccc1Cl. The molecule has 18 heavy (non-hydrogen) atoms. The van der Waals surface area contributed by atoms with Gasteiger partial charge in [0.1, 0.15) is 0 Å². The van der Waals surface area contributed by atoms with Gasteiger partial charge in [0, 0.05) is 23.7 Å². The molecule has 2 N–H and O–H groups in total. The molecule has 5 heteroatoms. The largest absolute Gasteiger partial charge is 0.394 e. The van der Waals surface area contributed by atoms with E-state index in [9.17, 15) is 4.79 Å². The van der Waals surface area contributed by atoms with Gasteiger partial charge >= 0.3 is 0 Å². The third-order valence-corrected chi connectivity index (χ3v) is 2.83. The standard InChI is InChI=1S/C13H18ClNO3/c1-10-9-11(3-4-12(10)14)13(17)15-5-2-7-18-8-6-16/h3-4,9,16H,2,5-8H2,1H3,(H,15,17). The molecule has 0 heterocycles. The highest BCUT2D eigenvalue weighted by Gasteiger charge is 2.06. The first-order chi connectivity index (χ1) is 8.65. The van der Waals surface area contributed by atoms with Gasteiger partial charge in [-0.05, 0) is 37.1 Å². The molecule has 0 aliphatic rings. The van der Waals surface area contributed by atoms with Gasteiger partial charge in [0.05, 0.1) is 13.2 Å². The van der Waals surface area contributed by atoms with Crippen LogP contribution in [0.25, 0.3) is 0 Å². The highest BCUT2D eigenvalue weighted by atomic mass is 35.5. The molecule has 0 fully saturated rings. The van der Waals surface area contributed by atoms with E-state index in [0.717, 1.165) is 12.0 Å². The van der Waals surface area contributed by atoms with Crippen molar-refractivity contribution in [3.05, 3.63) is 34.3 Å². The number of halogens is 1. The van der Waals surface area contributed by atoms with Crippen LogP contribution in [0.2, 0.25) is 5.02 Å². The fourth-order valence-corrected chi connectivity index (χ4v) is 1.55. The number of hydrogen-bond donors (Lipinski definition) is 2. The molecule has 0 unspecified atom stereocenters. The van der Waals surface area contributed by atoms with Gasteiger partial charge < -0.3 is 15.2 Å². The van der Waals surface area contributed by atoms with Crippen LogP contribution in [0.3, 0.4) is 0 Å². The topological polar surface area (TPSA) is 58.6 Å². The Labute approximate surface area is 112 Å². The predicted octanol–water partition coefficient (Wildman–Crippen LogP) is 1.78. The molecule has 0 saturated heterocycles. The lowest BCUT2D eigenvalue weighted by Crippen LogP contribution is -2.25. The molecule has 4 nitrogen and oxygen atoms in total. The van der Waals surface area contributed by atoms with Crippen molar-refractivity contribution in [3.8, 4) is 0 Å². The second kappa shape index (κ2) is 8.08. The third-order valence-electron chi connectivity index (χ3n) is 2.41. The molecule has 1 aromatic rings. The van der Waals surface area contributed by atoms with Crippen molar-refractivity contribution >= 4 is 17.5 Å². The van der Waals surface area contributed by atoms with Gasteiger partial charge in [0.15, 0.2) is 0 Å². The number of carbonyl (C=O) groups is 1. The van der Waals surface area contributed by atoms with Gasteiger partial charge in [-0.2, -0.15) is 0 Å². The average molecular weight is 272 g/mol. The summed E-state index contributed by atoms with van der Waals surface area (Å²) in [5.74, 6) is -0.114. The van der Waals surface area contributed by atoms with Crippen molar-refractivity contribution in [2.75, 3.05) is 26.4 Å². The van der Waals surface area contributed by atoms with Gasteiger partial charge in [0.25, 0.3) is 5.91 Å². The molecule has 0 aromatic heterocycles. The fourth-order valence-electron chi connectivity index (χ4n) is 1.43. The normalized spacial score (nSPS) is 10.4. The number of aliphatic hydroxyl groups excluding tert-OH is 1. The van der Waals surface area contributed by atoms with Gasteiger partial charge in [-0.15, -0.1) is 0 Å². The maximum absolute atomic E-state index is 11.8. The second-order valence-electron chi connectivity index (χ2n) is 3.91. The number of carbonyl (C=O) groups excluding carboxylic acids is 1. The van der Waals surface area contributed by atoms with E-state index in [4.69, 9.17) is 21.4 Å². The fraction of sp³-hybridized carbons (Fsp3) is 0.462. The van der Waals surface area contributed by atoms with Crippen LogP contribution in [0.1, 0.15) is 22.3 Å². The molecular weight excluding hydrogens is 254 g/mol. The lowest BCUT2D eigenvalue weighted by atomic mass is 10.1. The Hall–Kier alpha value is -1.10. The highest BCUT2D eigenvalue weighted by Crippen LogP contribution is 2.16. The smallest absolute Gasteiger partial charge is 0.251 e. The molecule has 1 aromatic carbocycles. The monoisotopic (exact) mass is 271 g/mol. The minimum absolute atomic E-state index is 0.0242. The summed E-state index contributed by atoms with van der Waals surface area (Å²) in [4.78, 5) is 11.8. The van der Waals surface area contributed by atoms with Crippen molar-refractivity contribution in [2.24, 2.45) is 0 Å². The first-order valence-electron chi connectivity index (χ1n) is 5.88. The number of nitrogens with one attached hydrogen (secondary N) is 1. The Morgan fingerprint density at radius 2 is 2.22 bits per heavy atom. The van der Waals surface area contributed by atoms with E-state index in [2.05, 4.69) is 5.32 Å². The molecule has 0 atom stereocenters. The Kier molecular flexibility index (Phi) is 6.72. The van der Waals surface area contributed by atoms with Crippen LogP contribution in [-0.4, -0.2) is 37.4 Å². The molecule has 1 amide bonds. The third kappa shape index (κ3) is 5.04. The molecule has 0 aliphatic carbocycles. The second-order valence-corrected chi connectivity index (χ2v) is 4.32.